The molecule has 1 aromatic carbocycles. The minimum Gasteiger partial charge on any atom is -0.405 e. The Morgan fingerprint density at radius 1 is 1.30 bits per heavy atom. The summed E-state index contributed by atoms with van der Waals surface area (Å²) in [6.07, 6.45) is -2.56. The molecule has 0 heterocycles. The Bertz CT molecular complexity index is 526. The van der Waals surface area contributed by atoms with Crippen molar-refractivity contribution in [1.82, 2.24) is 5.32 Å². The SMILES string of the molecule is Cl.NCCCCNC(=O)C1CC1c1ccccc1OC(F)(F)F. The second-order valence-corrected chi connectivity index (χ2v) is 5.32. The maximum Gasteiger partial charge on any atom is 0.573 e. The van der Waals surface area contributed by atoms with Crippen LogP contribution in [0.4, 0.5) is 13.2 Å². The maximum absolute atomic E-state index is 12.4. The lowest BCUT2D eigenvalue weighted by Crippen LogP contribution is -2.26. The summed E-state index contributed by atoms with van der Waals surface area (Å²) >= 11 is 0. The summed E-state index contributed by atoms with van der Waals surface area (Å²) in [7, 11) is 0. The van der Waals surface area contributed by atoms with Gasteiger partial charge in [-0.15, -0.1) is 25.6 Å². The van der Waals surface area contributed by atoms with E-state index < -0.39 is 6.36 Å². The molecule has 3 N–H and O–H groups in total. The minimum absolute atomic E-state index is 0. The van der Waals surface area contributed by atoms with Crippen LogP contribution < -0.4 is 15.8 Å². The normalized spacial score (nSPS) is 19.7. The number of halogens is 4. The van der Waals surface area contributed by atoms with Crippen molar-refractivity contribution in [2.24, 2.45) is 11.7 Å². The molecule has 8 heteroatoms. The highest BCUT2D eigenvalue weighted by Gasteiger charge is 2.46. The summed E-state index contributed by atoms with van der Waals surface area (Å²) in [6, 6.07) is 5.98. The van der Waals surface area contributed by atoms with Gasteiger partial charge in [-0.25, -0.2) is 0 Å². The molecule has 1 aliphatic rings. The highest BCUT2D eigenvalue weighted by atomic mass is 35.5. The highest BCUT2D eigenvalue weighted by Crippen LogP contribution is 2.50. The monoisotopic (exact) mass is 352 g/mol. The summed E-state index contributed by atoms with van der Waals surface area (Å²) in [6.45, 7) is 1.12. The number of hydrogen-bond acceptors (Lipinski definition) is 3. The molecular weight excluding hydrogens is 333 g/mol. The van der Waals surface area contributed by atoms with Gasteiger partial charge in [-0.2, -0.15) is 0 Å². The molecule has 0 aromatic heterocycles. The Kier molecular flexibility index (Phi) is 7.15. The molecule has 1 aromatic rings. The Morgan fingerprint density at radius 2 is 2.00 bits per heavy atom. The van der Waals surface area contributed by atoms with Gasteiger partial charge >= 0.3 is 6.36 Å². The number of nitrogens with one attached hydrogen (secondary N) is 1. The van der Waals surface area contributed by atoms with Crippen LogP contribution in [0.2, 0.25) is 0 Å². The van der Waals surface area contributed by atoms with E-state index in [1.807, 2.05) is 0 Å². The van der Waals surface area contributed by atoms with Gasteiger partial charge in [0.25, 0.3) is 0 Å². The van der Waals surface area contributed by atoms with Gasteiger partial charge in [0, 0.05) is 12.5 Å². The molecule has 0 bridgehead atoms. The van der Waals surface area contributed by atoms with Crippen molar-refractivity contribution in [3.05, 3.63) is 29.8 Å². The number of rotatable bonds is 7. The summed E-state index contributed by atoms with van der Waals surface area (Å²) in [5.74, 6) is -0.841. The number of hydrogen-bond donors (Lipinski definition) is 2. The molecule has 1 amide bonds. The van der Waals surface area contributed by atoms with E-state index in [1.54, 1.807) is 12.1 Å². The Hall–Kier alpha value is -1.47. The molecule has 2 unspecified atom stereocenters. The van der Waals surface area contributed by atoms with Crippen molar-refractivity contribution in [3.8, 4) is 5.75 Å². The average Bonchev–Trinajstić information content (AvgIpc) is 3.22. The highest BCUT2D eigenvalue weighted by molar-refractivity contribution is 5.85. The number of carbonyl (C=O) groups is 1. The van der Waals surface area contributed by atoms with Gasteiger partial charge < -0.3 is 15.8 Å². The third-order valence-electron chi connectivity index (χ3n) is 3.60. The predicted octanol–water partition coefficient (Wildman–Crippen LogP) is 2.97. The first kappa shape index (κ1) is 19.6. The van der Waals surface area contributed by atoms with Crippen LogP contribution >= 0.6 is 12.4 Å². The Morgan fingerprint density at radius 3 is 2.65 bits per heavy atom. The fraction of sp³-hybridized carbons (Fsp3) is 0.533. The van der Waals surface area contributed by atoms with Crippen molar-refractivity contribution in [1.29, 1.82) is 0 Å². The van der Waals surface area contributed by atoms with Gasteiger partial charge in [0.1, 0.15) is 5.75 Å². The fourth-order valence-corrected chi connectivity index (χ4v) is 2.44. The van der Waals surface area contributed by atoms with Crippen molar-refractivity contribution in [2.75, 3.05) is 13.1 Å². The first-order valence-electron chi connectivity index (χ1n) is 7.25. The summed E-state index contributed by atoms with van der Waals surface area (Å²) in [4.78, 5) is 11.9. The zero-order chi connectivity index (χ0) is 16.2. The smallest absolute Gasteiger partial charge is 0.405 e. The van der Waals surface area contributed by atoms with Crippen LogP contribution in [0.5, 0.6) is 5.75 Å². The van der Waals surface area contributed by atoms with E-state index in [9.17, 15) is 18.0 Å². The number of unbranched alkanes of at least 4 members (excludes halogenated alkanes) is 1. The summed E-state index contributed by atoms with van der Waals surface area (Å²) in [5, 5.41) is 2.79. The molecular formula is C15H20ClF3N2O2. The number of ether oxygens (including phenoxy) is 1. The van der Waals surface area contributed by atoms with E-state index in [1.165, 1.54) is 12.1 Å². The third kappa shape index (κ3) is 5.91. The van der Waals surface area contributed by atoms with E-state index >= 15 is 0 Å². The van der Waals surface area contributed by atoms with Crippen molar-refractivity contribution in [3.63, 3.8) is 0 Å². The number of amides is 1. The molecule has 0 spiro atoms. The van der Waals surface area contributed by atoms with Crippen LogP contribution in [-0.4, -0.2) is 25.4 Å². The zero-order valence-electron chi connectivity index (χ0n) is 12.4. The zero-order valence-corrected chi connectivity index (χ0v) is 13.3. The average molecular weight is 353 g/mol. The predicted molar refractivity (Wildman–Crippen MR) is 82.5 cm³/mol. The van der Waals surface area contributed by atoms with Crippen LogP contribution in [0.25, 0.3) is 0 Å². The van der Waals surface area contributed by atoms with E-state index in [4.69, 9.17) is 5.73 Å². The first-order chi connectivity index (χ1) is 10.4. The number of alkyl halides is 3. The lowest BCUT2D eigenvalue weighted by atomic mass is 10.1. The van der Waals surface area contributed by atoms with Crippen LogP contribution in [0, 0.1) is 5.92 Å². The van der Waals surface area contributed by atoms with E-state index in [0.717, 1.165) is 12.8 Å². The molecule has 1 saturated carbocycles. The van der Waals surface area contributed by atoms with E-state index in [-0.39, 0.29) is 35.9 Å². The topological polar surface area (TPSA) is 64.3 Å². The number of benzene rings is 1. The minimum atomic E-state index is -4.73. The molecule has 0 aliphatic heterocycles. The fourth-order valence-electron chi connectivity index (χ4n) is 2.44. The molecule has 1 fully saturated rings. The third-order valence-corrected chi connectivity index (χ3v) is 3.60. The van der Waals surface area contributed by atoms with E-state index in [2.05, 4.69) is 10.1 Å². The van der Waals surface area contributed by atoms with Gasteiger partial charge in [-0.05, 0) is 43.4 Å². The van der Waals surface area contributed by atoms with Crippen LogP contribution in [0.1, 0.15) is 30.7 Å². The molecule has 2 rings (SSSR count). The van der Waals surface area contributed by atoms with Crippen LogP contribution in [-0.2, 0) is 4.79 Å². The first-order valence-corrected chi connectivity index (χ1v) is 7.25. The molecule has 0 radical (unpaired) electrons. The molecule has 130 valence electrons. The molecule has 1 aliphatic carbocycles. The molecule has 2 atom stereocenters. The van der Waals surface area contributed by atoms with Gasteiger partial charge in [0.2, 0.25) is 5.91 Å². The van der Waals surface area contributed by atoms with Crippen molar-refractivity contribution >= 4 is 18.3 Å². The molecule has 0 saturated heterocycles. The number of carbonyl (C=O) groups excluding carboxylic acids is 1. The lowest BCUT2D eigenvalue weighted by Gasteiger charge is -2.13. The lowest BCUT2D eigenvalue weighted by molar-refractivity contribution is -0.274. The van der Waals surface area contributed by atoms with Crippen LogP contribution in [0.15, 0.2) is 24.3 Å². The summed E-state index contributed by atoms with van der Waals surface area (Å²) < 4.78 is 41.2. The van der Waals surface area contributed by atoms with Crippen molar-refractivity contribution in [2.45, 2.75) is 31.5 Å². The second kappa shape index (κ2) is 8.40. The van der Waals surface area contributed by atoms with Gasteiger partial charge in [-0.1, -0.05) is 18.2 Å². The van der Waals surface area contributed by atoms with Gasteiger partial charge in [0.15, 0.2) is 0 Å². The van der Waals surface area contributed by atoms with Gasteiger partial charge in [-0.3, -0.25) is 4.79 Å². The number of para-hydroxylation sites is 1. The molecule has 4 nitrogen and oxygen atoms in total. The van der Waals surface area contributed by atoms with Gasteiger partial charge in [0.05, 0.1) is 0 Å². The Balaban J connectivity index is 0.00000264. The number of nitrogens with two attached hydrogens (primary N) is 1. The second-order valence-electron chi connectivity index (χ2n) is 5.32. The standard InChI is InChI=1S/C15H19F3N2O2.ClH/c16-15(17,18)22-13-6-2-1-5-10(13)11-9-12(11)14(21)20-8-4-3-7-19;/h1-2,5-6,11-12H,3-4,7-9,19H2,(H,20,21);1H. The van der Waals surface area contributed by atoms with Crippen LogP contribution in [0.3, 0.4) is 0 Å². The van der Waals surface area contributed by atoms with E-state index in [0.29, 0.717) is 25.1 Å². The maximum atomic E-state index is 12.4. The largest absolute Gasteiger partial charge is 0.573 e. The quantitative estimate of drug-likeness (QED) is 0.741. The van der Waals surface area contributed by atoms with Crippen molar-refractivity contribution < 1.29 is 22.7 Å². The Labute approximate surface area is 139 Å². The summed E-state index contributed by atoms with van der Waals surface area (Å²) in [5.41, 5.74) is 5.80. The molecule has 23 heavy (non-hydrogen) atoms.